The number of hydrogen-bond donors (Lipinski definition) is 0. The van der Waals surface area contributed by atoms with Crippen molar-refractivity contribution in [2.75, 3.05) is 66.6 Å². The van der Waals surface area contributed by atoms with Crippen molar-refractivity contribution in [1.82, 2.24) is 14.7 Å². The van der Waals surface area contributed by atoms with Gasteiger partial charge in [0.1, 0.15) is 6.61 Å². The molecule has 6 heteroatoms. The van der Waals surface area contributed by atoms with Gasteiger partial charge in [0, 0.05) is 59.3 Å². The van der Waals surface area contributed by atoms with Gasteiger partial charge in [0.05, 0.1) is 11.7 Å². The minimum Gasteiger partial charge on any atom is -0.375 e. The van der Waals surface area contributed by atoms with Gasteiger partial charge in [-0.3, -0.25) is 9.69 Å². The summed E-state index contributed by atoms with van der Waals surface area (Å²) in [5.41, 5.74) is 0.0566. The molecule has 0 bridgehead atoms. The van der Waals surface area contributed by atoms with E-state index in [2.05, 4.69) is 16.8 Å². The molecule has 6 nitrogen and oxygen atoms in total. The molecule has 0 saturated carbocycles. The van der Waals surface area contributed by atoms with Crippen molar-refractivity contribution in [2.45, 2.75) is 31.0 Å². The van der Waals surface area contributed by atoms with Gasteiger partial charge in [-0.1, -0.05) is 0 Å². The average molecular weight is 311 g/mol. The lowest BCUT2D eigenvalue weighted by atomic mass is 9.80. The number of likely N-dealkylation sites (N-methyl/N-ethyl adjacent to an activating group) is 1. The maximum Gasteiger partial charge on any atom is 0.248 e. The summed E-state index contributed by atoms with van der Waals surface area (Å²) < 4.78 is 11.2. The van der Waals surface area contributed by atoms with Crippen LogP contribution in [-0.2, 0) is 14.3 Å². The lowest BCUT2D eigenvalue weighted by Crippen LogP contribution is -2.60. The minimum absolute atomic E-state index is 0.0566. The molecule has 3 saturated heterocycles. The summed E-state index contributed by atoms with van der Waals surface area (Å²) in [5.74, 6) is 0.102. The quantitative estimate of drug-likeness (QED) is 0.733. The second kappa shape index (κ2) is 6.83. The first kappa shape index (κ1) is 16.2. The molecular weight excluding hydrogens is 282 g/mol. The predicted octanol–water partition coefficient (Wildman–Crippen LogP) is 0.0303. The summed E-state index contributed by atoms with van der Waals surface area (Å²) in [6.45, 7) is 7.52. The largest absolute Gasteiger partial charge is 0.375 e. The molecule has 22 heavy (non-hydrogen) atoms. The van der Waals surface area contributed by atoms with Crippen molar-refractivity contribution < 1.29 is 14.3 Å². The van der Waals surface area contributed by atoms with Crippen molar-refractivity contribution in [3.05, 3.63) is 0 Å². The van der Waals surface area contributed by atoms with Gasteiger partial charge in [0.15, 0.2) is 0 Å². The van der Waals surface area contributed by atoms with Crippen molar-refractivity contribution in [3.8, 4) is 0 Å². The van der Waals surface area contributed by atoms with E-state index in [1.54, 1.807) is 7.11 Å². The Kier molecular flexibility index (Phi) is 5.02. The molecule has 126 valence electrons. The van der Waals surface area contributed by atoms with Gasteiger partial charge in [-0.15, -0.1) is 0 Å². The van der Waals surface area contributed by atoms with Gasteiger partial charge in [-0.2, -0.15) is 0 Å². The Morgan fingerprint density at radius 1 is 1.18 bits per heavy atom. The molecule has 3 aliphatic rings. The topological polar surface area (TPSA) is 45.2 Å². The van der Waals surface area contributed by atoms with E-state index in [0.29, 0.717) is 6.10 Å². The van der Waals surface area contributed by atoms with E-state index in [1.807, 2.05) is 4.90 Å². The van der Waals surface area contributed by atoms with Gasteiger partial charge in [0.25, 0.3) is 0 Å². The summed E-state index contributed by atoms with van der Waals surface area (Å²) in [5, 5.41) is 0. The number of carbonyl (C=O) groups is 1. The summed E-state index contributed by atoms with van der Waals surface area (Å²) in [4.78, 5) is 18.6. The van der Waals surface area contributed by atoms with Crippen LogP contribution in [0.25, 0.3) is 0 Å². The molecule has 0 aromatic heterocycles. The molecule has 3 fully saturated rings. The molecule has 0 aromatic carbocycles. The second-order valence-electron chi connectivity index (χ2n) is 7.04. The zero-order chi connectivity index (χ0) is 15.6. The molecule has 1 atom stereocenters. The maximum absolute atomic E-state index is 11.8. The molecule has 1 spiro atoms. The maximum atomic E-state index is 11.8. The highest BCUT2D eigenvalue weighted by molar-refractivity contribution is 5.77. The smallest absolute Gasteiger partial charge is 0.248 e. The van der Waals surface area contributed by atoms with E-state index < -0.39 is 0 Å². The molecule has 3 rings (SSSR count). The molecule has 3 aliphatic heterocycles. The Labute approximate surface area is 133 Å². The Morgan fingerprint density at radius 2 is 1.82 bits per heavy atom. The van der Waals surface area contributed by atoms with Crippen LogP contribution >= 0.6 is 0 Å². The fourth-order valence-corrected chi connectivity index (χ4v) is 3.88. The molecular formula is C16H29N3O3. The van der Waals surface area contributed by atoms with Crippen LogP contribution < -0.4 is 0 Å². The minimum atomic E-state index is 0.0566. The van der Waals surface area contributed by atoms with Crippen LogP contribution in [0.2, 0.25) is 0 Å². The second-order valence-corrected chi connectivity index (χ2v) is 7.04. The fourth-order valence-electron chi connectivity index (χ4n) is 3.88. The molecule has 0 radical (unpaired) electrons. The fraction of sp³-hybridized carbons (Fsp3) is 0.938. The standard InChI is InChI=1S/C16H29N3O3/c1-17-7-9-18(10-8-17)12-14-11-16(22-14)3-5-19(6-4-16)15(20)13-21-2/h14H,3-13H2,1-2H3. The van der Waals surface area contributed by atoms with Crippen LogP contribution in [0.4, 0.5) is 0 Å². The van der Waals surface area contributed by atoms with E-state index in [-0.39, 0.29) is 18.1 Å². The lowest BCUT2D eigenvalue weighted by molar-refractivity contribution is -0.230. The third-order valence-electron chi connectivity index (χ3n) is 5.37. The average Bonchev–Trinajstić information content (AvgIpc) is 2.49. The number of nitrogens with zero attached hydrogens (tertiary/aromatic N) is 3. The molecule has 3 heterocycles. The third-order valence-corrected chi connectivity index (χ3v) is 5.37. The molecule has 1 unspecified atom stereocenters. The number of carbonyl (C=O) groups excluding carboxylic acids is 1. The summed E-state index contributed by atoms with van der Waals surface area (Å²) in [6.07, 6.45) is 3.50. The monoisotopic (exact) mass is 311 g/mol. The van der Waals surface area contributed by atoms with Gasteiger partial charge >= 0.3 is 0 Å². The Bertz CT molecular complexity index is 380. The zero-order valence-electron chi connectivity index (χ0n) is 13.9. The normalized spacial score (nSPS) is 29.5. The van der Waals surface area contributed by atoms with Gasteiger partial charge < -0.3 is 19.3 Å². The summed E-state index contributed by atoms with van der Waals surface area (Å²) in [6, 6.07) is 0. The van der Waals surface area contributed by atoms with Crippen LogP contribution in [0.15, 0.2) is 0 Å². The van der Waals surface area contributed by atoms with Crippen LogP contribution in [-0.4, -0.2) is 98.9 Å². The van der Waals surface area contributed by atoms with Crippen molar-refractivity contribution in [1.29, 1.82) is 0 Å². The van der Waals surface area contributed by atoms with Crippen molar-refractivity contribution in [2.24, 2.45) is 0 Å². The Balaban J connectivity index is 1.37. The number of methoxy groups -OCH3 is 1. The predicted molar refractivity (Wildman–Crippen MR) is 83.8 cm³/mol. The Morgan fingerprint density at radius 3 is 2.41 bits per heavy atom. The highest BCUT2D eigenvalue weighted by Gasteiger charge is 2.48. The van der Waals surface area contributed by atoms with Gasteiger partial charge in [0.2, 0.25) is 5.91 Å². The number of piperidine rings is 1. The van der Waals surface area contributed by atoms with Crippen molar-refractivity contribution in [3.63, 3.8) is 0 Å². The first-order valence-electron chi connectivity index (χ1n) is 8.46. The van der Waals surface area contributed by atoms with Crippen LogP contribution in [0, 0.1) is 0 Å². The van der Waals surface area contributed by atoms with Crippen LogP contribution in [0.3, 0.4) is 0 Å². The number of hydrogen-bond acceptors (Lipinski definition) is 5. The van der Waals surface area contributed by atoms with Crippen LogP contribution in [0.5, 0.6) is 0 Å². The highest BCUT2D eigenvalue weighted by Crippen LogP contribution is 2.41. The first-order chi connectivity index (χ1) is 10.6. The third kappa shape index (κ3) is 3.62. The Hall–Kier alpha value is -0.690. The SMILES string of the molecule is COCC(=O)N1CCC2(CC1)CC(CN1CCN(C)CC1)O2. The van der Waals surface area contributed by atoms with Gasteiger partial charge in [-0.05, 0) is 19.9 Å². The highest BCUT2D eigenvalue weighted by atomic mass is 16.5. The zero-order valence-corrected chi connectivity index (χ0v) is 13.9. The van der Waals surface area contributed by atoms with E-state index in [9.17, 15) is 4.79 Å². The number of piperazine rings is 1. The number of amides is 1. The van der Waals surface area contributed by atoms with E-state index in [4.69, 9.17) is 9.47 Å². The molecule has 0 N–H and O–H groups in total. The molecule has 0 aromatic rings. The van der Waals surface area contributed by atoms with E-state index in [0.717, 1.165) is 65.1 Å². The first-order valence-corrected chi connectivity index (χ1v) is 8.46. The van der Waals surface area contributed by atoms with E-state index in [1.165, 1.54) is 0 Å². The van der Waals surface area contributed by atoms with Gasteiger partial charge in [-0.25, -0.2) is 0 Å². The van der Waals surface area contributed by atoms with Crippen LogP contribution in [0.1, 0.15) is 19.3 Å². The van der Waals surface area contributed by atoms with Crippen molar-refractivity contribution >= 4 is 5.91 Å². The van der Waals surface area contributed by atoms with E-state index >= 15 is 0 Å². The lowest BCUT2D eigenvalue weighted by Gasteiger charge is -2.53. The molecule has 0 aliphatic carbocycles. The summed E-state index contributed by atoms with van der Waals surface area (Å²) >= 11 is 0. The number of ether oxygens (including phenoxy) is 2. The summed E-state index contributed by atoms with van der Waals surface area (Å²) in [7, 11) is 3.76. The number of likely N-dealkylation sites (tertiary alicyclic amines) is 1. The molecule has 1 amide bonds. The number of rotatable bonds is 4.